The van der Waals surface area contributed by atoms with Crippen LogP contribution in [0.5, 0.6) is 5.75 Å². The fourth-order valence-electron chi connectivity index (χ4n) is 3.68. The predicted octanol–water partition coefficient (Wildman–Crippen LogP) is 4.14. The van der Waals surface area contributed by atoms with E-state index in [4.69, 9.17) is 4.74 Å². The van der Waals surface area contributed by atoms with Crippen LogP contribution in [0.4, 0.5) is 10.1 Å². The van der Waals surface area contributed by atoms with Gasteiger partial charge in [0.05, 0.1) is 29.5 Å². The van der Waals surface area contributed by atoms with Gasteiger partial charge in [0, 0.05) is 12.1 Å². The Hall–Kier alpha value is -3.44. The average molecular weight is 518 g/mol. The Morgan fingerprint density at radius 3 is 2.31 bits per heavy atom. The first-order valence-corrected chi connectivity index (χ1v) is 13.8. The molecule has 0 aromatic heterocycles. The Labute approximate surface area is 204 Å². The van der Waals surface area contributed by atoms with Gasteiger partial charge in [0.25, 0.3) is 10.0 Å². The number of halogens is 1. The molecule has 1 aliphatic heterocycles. The minimum Gasteiger partial charge on any atom is -0.497 e. The molecule has 0 aliphatic carbocycles. The first-order chi connectivity index (χ1) is 16.6. The Kier molecular flexibility index (Phi) is 6.82. The highest BCUT2D eigenvalue weighted by Gasteiger charge is 2.38. The molecule has 1 aliphatic rings. The molecule has 0 saturated heterocycles. The van der Waals surface area contributed by atoms with Crippen LogP contribution in [-0.2, 0) is 20.0 Å². The average Bonchev–Trinajstić information content (AvgIpc) is 3.31. The lowest BCUT2D eigenvalue weighted by Crippen LogP contribution is -2.27. The van der Waals surface area contributed by atoms with E-state index in [9.17, 15) is 21.2 Å². The molecular weight excluding hydrogens is 493 g/mol. The minimum atomic E-state index is -4.17. The second kappa shape index (κ2) is 9.67. The summed E-state index contributed by atoms with van der Waals surface area (Å²) in [5.41, 5.74) is 2.22. The summed E-state index contributed by atoms with van der Waals surface area (Å²) in [5, 5.41) is 4.43. The van der Waals surface area contributed by atoms with Gasteiger partial charge in [0.15, 0.2) is 0 Å². The summed E-state index contributed by atoms with van der Waals surface area (Å²) in [6.07, 6.45) is 0.265. The highest BCUT2D eigenvalue weighted by Crippen LogP contribution is 2.38. The van der Waals surface area contributed by atoms with Crippen molar-refractivity contribution in [2.45, 2.75) is 24.3 Å². The maximum absolute atomic E-state index is 13.8. The number of hydrazone groups is 1. The zero-order chi connectivity index (χ0) is 25.2. The molecule has 0 fully saturated rings. The highest BCUT2D eigenvalue weighted by atomic mass is 32.2. The first-order valence-electron chi connectivity index (χ1n) is 10.8. The minimum absolute atomic E-state index is 0.0576. The third-order valence-corrected chi connectivity index (χ3v) is 8.57. The molecule has 4 rings (SSSR count). The van der Waals surface area contributed by atoms with Crippen LogP contribution in [-0.4, -0.2) is 39.8 Å². The second-order valence-electron chi connectivity index (χ2n) is 7.86. The molecule has 0 radical (unpaired) electrons. The van der Waals surface area contributed by atoms with E-state index in [-0.39, 0.29) is 17.1 Å². The van der Waals surface area contributed by atoms with Crippen molar-refractivity contribution in [2.24, 2.45) is 5.10 Å². The number of sulfonamides is 2. The fraction of sp³-hybridized carbons (Fsp3) is 0.208. The Morgan fingerprint density at radius 2 is 1.71 bits per heavy atom. The predicted molar refractivity (Wildman–Crippen MR) is 132 cm³/mol. The third kappa shape index (κ3) is 5.30. The number of methoxy groups -OCH3 is 1. The molecule has 0 saturated carbocycles. The van der Waals surface area contributed by atoms with E-state index in [0.717, 1.165) is 10.5 Å². The summed E-state index contributed by atoms with van der Waals surface area (Å²) in [7, 11) is -6.06. The van der Waals surface area contributed by atoms with Crippen molar-refractivity contribution >= 4 is 31.4 Å². The van der Waals surface area contributed by atoms with Gasteiger partial charge in [-0.2, -0.15) is 17.9 Å². The molecular formula is C24H24FN3O5S2. The van der Waals surface area contributed by atoms with Crippen molar-refractivity contribution in [1.29, 1.82) is 0 Å². The lowest BCUT2D eigenvalue weighted by molar-refractivity contribution is 0.370. The molecule has 11 heteroatoms. The van der Waals surface area contributed by atoms with E-state index >= 15 is 0 Å². The number of benzene rings is 3. The van der Waals surface area contributed by atoms with E-state index in [1.807, 2.05) is 0 Å². The number of nitrogens with zero attached hydrogens (tertiary/aromatic N) is 2. The molecule has 0 amide bonds. The van der Waals surface area contributed by atoms with E-state index < -0.39 is 31.9 Å². The van der Waals surface area contributed by atoms with Crippen LogP contribution in [0.25, 0.3) is 0 Å². The quantitative estimate of drug-likeness (QED) is 0.484. The summed E-state index contributed by atoms with van der Waals surface area (Å²) < 4.78 is 73.1. The van der Waals surface area contributed by atoms with Crippen molar-refractivity contribution < 1.29 is 26.0 Å². The number of ether oxygens (including phenoxy) is 1. The Bertz CT molecular complexity index is 1460. The lowest BCUT2D eigenvalue weighted by Gasteiger charge is -2.23. The molecule has 35 heavy (non-hydrogen) atoms. The smallest absolute Gasteiger partial charge is 0.279 e. The van der Waals surface area contributed by atoms with Crippen LogP contribution >= 0.6 is 0 Å². The summed E-state index contributed by atoms with van der Waals surface area (Å²) >= 11 is 0. The van der Waals surface area contributed by atoms with Gasteiger partial charge >= 0.3 is 0 Å². The molecule has 0 spiro atoms. The van der Waals surface area contributed by atoms with Gasteiger partial charge in [-0.15, -0.1) is 0 Å². The summed E-state index contributed by atoms with van der Waals surface area (Å²) in [6, 6.07) is 17.7. The normalized spacial score (nSPS) is 16.1. The fourth-order valence-corrected chi connectivity index (χ4v) is 5.78. The van der Waals surface area contributed by atoms with Crippen molar-refractivity contribution in [2.75, 3.05) is 17.6 Å². The van der Waals surface area contributed by atoms with Gasteiger partial charge in [0.1, 0.15) is 11.6 Å². The summed E-state index contributed by atoms with van der Waals surface area (Å²) in [6.45, 7) is 1.54. The number of hydrogen-bond donors (Lipinski definition) is 1. The number of rotatable bonds is 8. The van der Waals surface area contributed by atoms with Crippen LogP contribution < -0.4 is 9.46 Å². The molecule has 3 aromatic rings. The molecule has 8 nitrogen and oxygen atoms in total. The van der Waals surface area contributed by atoms with Crippen LogP contribution in [0.3, 0.4) is 0 Å². The number of nitrogens with one attached hydrogen (secondary N) is 1. The standard InChI is InChI=1S/C24H24FN3O5S2/c1-3-34(29,30)27-20-11-7-17(8-12-20)23-16-24(18-9-13-21(33-2)14-10-18)28(26-23)35(31,32)22-6-4-5-19(25)15-22/h4-15,24,27H,3,16H2,1-2H3. The first kappa shape index (κ1) is 24.7. The highest BCUT2D eigenvalue weighted by molar-refractivity contribution is 7.92. The molecule has 1 N–H and O–H groups in total. The molecule has 3 aromatic carbocycles. The monoisotopic (exact) mass is 517 g/mol. The van der Waals surface area contributed by atoms with Crippen LogP contribution in [0.15, 0.2) is 82.8 Å². The van der Waals surface area contributed by atoms with Crippen molar-refractivity contribution in [1.82, 2.24) is 4.41 Å². The summed E-state index contributed by atoms with van der Waals surface area (Å²) in [4.78, 5) is -0.203. The van der Waals surface area contributed by atoms with Gasteiger partial charge in [-0.3, -0.25) is 4.72 Å². The van der Waals surface area contributed by atoms with Gasteiger partial charge < -0.3 is 4.74 Å². The molecule has 1 unspecified atom stereocenters. The van der Waals surface area contributed by atoms with Crippen LogP contribution in [0.1, 0.15) is 30.5 Å². The van der Waals surface area contributed by atoms with E-state index in [1.54, 1.807) is 48.5 Å². The zero-order valence-corrected chi connectivity index (χ0v) is 20.7. The third-order valence-electron chi connectivity index (χ3n) is 5.58. The molecule has 1 heterocycles. The van der Waals surface area contributed by atoms with Crippen LogP contribution in [0.2, 0.25) is 0 Å². The van der Waals surface area contributed by atoms with Gasteiger partial charge in [-0.25, -0.2) is 12.8 Å². The largest absolute Gasteiger partial charge is 0.497 e. The maximum Gasteiger partial charge on any atom is 0.279 e. The van der Waals surface area contributed by atoms with Crippen molar-refractivity contribution in [3.8, 4) is 5.75 Å². The number of anilines is 1. The SMILES string of the molecule is CCS(=O)(=O)Nc1ccc(C2=NN(S(=O)(=O)c3cccc(F)c3)C(c3ccc(OC)cc3)C2)cc1. The van der Waals surface area contributed by atoms with E-state index in [0.29, 0.717) is 28.3 Å². The Balaban J connectivity index is 1.72. The van der Waals surface area contributed by atoms with Crippen LogP contribution in [0, 0.1) is 5.82 Å². The lowest BCUT2D eigenvalue weighted by atomic mass is 9.99. The molecule has 0 bridgehead atoms. The zero-order valence-electron chi connectivity index (χ0n) is 19.0. The second-order valence-corrected chi connectivity index (χ2v) is 11.7. The van der Waals surface area contributed by atoms with E-state index in [2.05, 4.69) is 9.82 Å². The molecule has 1 atom stereocenters. The van der Waals surface area contributed by atoms with Gasteiger partial charge in [-0.1, -0.05) is 30.3 Å². The van der Waals surface area contributed by atoms with Crippen molar-refractivity contribution in [3.05, 3.63) is 89.7 Å². The van der Waals surface area contributed by atoms with Gasteiger partial charge in [0.2, 0.25) is 10.0 Å². The Morgan fingerprint density at radius 1 is 1.03 bits per heavy atom. The molecule has 184 valence electrons. The topological polar surface area (TPSA) is 105 Å². The van der Waals surface area contributed by atoms with Crippen molar-refractivity contribution in [3.63, 3.8) is 0 Å². The van der Waals surface area contributed by atoms with E-state index in [1.165, 1.54) is 32.2 Å². The number of hydrogen-bond acceptors (Lipinski definition) is 6. The maximum atomic E-state index is 13.8. The summed E-state index contributed by atoms with van der Waals surface area (Å²) in [5.74, 6) is -0.101. The van der Waals surface area contributed by atoms with Gasteiger partial charge in [-0.05, 0) is 60.5 Å².